The maximum absolute atomic E-state index is 11.6. The van der Waals surface area contributed by atoms with Gasteiger partial charge in [0.1, 0.15) is 6.26 Å². The van der Waals surface area contributed by atoms with Gasteiger partial charge in [-0.3, -0.25) is 9.59 Å². The number of aromatic nitrogens is 1. The largest absolute Gasteiger partial charge is 0.364 e. The molecule has 0 atom stereocenters. The molecule has 0 aliphatic heterocycles. The van der Waals surface area contributed by atoms with Gasteiger partial charge in [0.2, 0.25) is 0 Å². The Bertz CT molecular complexity index is 529. The minimum atomic E-state index is -0.304. The first-order valence-corrected chi connectivity index (χ1v) is 4.98. The number of carbonyl (C=O) groups is 2. The first kappa shape index (κ1) is 11.1. The van der Waals surface area contributed by atoms with Crippen molar-refractivity contribution in [1.82, 2.24) is 5.16 Å². The Hall–Kier alpha value is -2.43. The molecule has 0 fully saturated rings. The molecule has 0 radical (unpaired) electrons. The van der Waals surface area contributed by atoms with Crippen LogP contribution in [0.5, 0.6) is 0 Å². The number of ketones is 1. The van der Waals surface area contributed by atoms with E-state index in [1.165, 1.54) is 19.4 Å². The van der Waals surface area contributed by atoms with Crippen LogP contribution in [0.3, 0.4) is 0 Å². The SMILES string of the molecule is CC(=O)c1ccc(NC(=O)c2cnoc2)cc1. The van der Waals surface area contributed by atoms with Crippen LogP contribution in [0.2, 0.25) is 0 Å². The summed E-state index contributed by atoms with van der Waals surface area (Å²) in [6, 6.07) is 6.65. The predicted molar refractivity (Wildman–Crippen MR) is 60.9 cm³/mol. The number of nitrogens with one attached hydrogen (secondary N) is 1. The molecule has 0 bridgehead atoms. The lowest BCUT2D eigenvalue weighted by atomic mass is 10.1. The van der Waals surface area contributed by atoms with Crippen molar-refractivity contribution >= 4 is 17.4 Å². The molecule has 86 valence electrons. The Morgan fingerprint density at radius 3 is 2.41 bits per heavy atom. The molecule has 0 saturated carbocycles. The van der Waals surface area contributed by atoms with Crippen molar-refractivity contribution in [3.63, 3.8) is 0 Å². The Kier molecular flexibility index (Phi) is 3.00. The molecule has 0 aliphatic carbocycles. The standard InChI is InChI=1S/C12H10N2O3/c1-8(15)9-2-4-11(5-3-9)14-12(16)10-6-13-17-7-10/h2-7H,1H3,(H,14,16). The maximum Gasteiger partial charge on any atom is 0.260 e. The van der Waals surface area contributed by atoms with Gasteiger partial charge in [-0.05, 0) is 31.2 Å². The molecule has 1 amide bonds. The van der Waals surface area contributed by atoms with Crippen molar-refractivity contribution in [3.05, 3.63) is 47.9 Å². The molecule has 0 saturated heterocycles. The third-order valence-electron chi connectivity index (χ3n) is 2.24. The van der Waals surface area contributed by atoms with Gasteiger partial charge in [0, 0.05) is 11.3 Å². The second kappa shape index (κ2) is 4.61. The number of hydrogen-bond donors (Lipinski definition) is 1. The third-order valence-corrected chi connectivity index (χ3v) is 2.24. The van der Waals surface area contributed by atoms with Gasteiger partial charge in [0.15, 0.2) is 5.78 Å². The summed E-state index contributed by atoms with van der Waals surface area (Å²) >= 11 is 0. The van der Waals surface area contributed by atoms with Crippen LogP contribution in [-0.4, -0.2) is 16.8 Å². The number of carbonyl (C=O) groups excluding carboxylic acids is 2. The third kappa shape index (κ3) is 2.57. The molecule has 0 unspecified atom stereocenters. The number of amides is 1. The predicted octanol–water partition coefficient (Wildman–Crippen LogP) is 2.13. The summed E-state index contributed by atoms with van der Waals surface area (Å²) in [5.74, 6) is -0.316. The number of hydrogen-bond acceptors (Lipinski definition) is 4. The summed E-state index contributed by atoms with van der Waals surface area (Å²) in [5.41, 5.74) is 1.56. The van der Waals surface area contributed by atoms with E-state index >= 15 is 0 Å². The molecule has 1 heterocycles. The van der Waals surface area contributed by atoms with Crippen LogP contribution < -0.4 is 5.32 Å². The van der Waals surface area contributed by atoms with E-state index in [9.17, 15) is 9.59 Å². The van der Waals surface area contributed by atoms with Crippen molar-refractivity contribution in [3.8, 4) is 0 Å². The fraction of sp³-hybridized carbons (Fsp3) is 0.0833. The van der Waals surface area contributed by atoms with Crippen LogP contribution in [-0.2, 0) is 0 Å². The zero-order valence-electron chi connectivity index (χ0n) is 9.14. The molecule has 0 aliphatic rings. The van der Waals surface area contributed by atoms with Gasteiger partial charge in [0.25, 0.3) is 5.91 Å². The highest BCUT2D eigenvalue weighted by molar-refractivity contribution is 6.04. The quantitative estimate of drug-likeness (QED) is 0.820. The Morgan fingerprint density at radius 1 is 1.18 bits per heavy atom. The van der Waals surface area contributed by atoms with Crippen LogP contribution in [0.15, 0.2) is 41.2 Å². The van der Waals surface area contributed by atoms with Crippen LogP contribution >= 0.6 is 0 Å². The van der Waals surface area contributed by atoms with Gasteiger partial charge < -0.3 is 9.84 Å². The van der Waals surface area contributed by atoms with E-state index in [0.717, 1.165) is 0 Å². The first-order valence-electron chi connectivity index (χ1n) is 4.98. The first-order chi connectivity index (χ1) is 8.16. The van der Waals surface area contributed by atoms with Gasteiger partial charge in [-0.15, -0.1) is 0 Å². The monoisotopic (exact) mass is 230 g/mol. The van der Waals surface area contributed by atoms with E-state index in [2.05, 4.69) is 15.0 Å². The fourth-order valence-electron chi connectivity index (χ4n) is 1.31. The second-order valence-electron chi connectivity index (χ2n) is 3.50. The van der Waals surface area contributed by atoms with E-state index in [0.29, 0.717) is 16.8 Å². The minimum absolute atomic E-state index is 0.0121. The van der Waals surface area contributed by atoms with Crippen LogP contribution in [0.25, 0.3) is 0 Å². The zero-order valence-corrected chi connectivity index (χ0v) is 9.14. The van der Waals surface area contributed by atoms with Gasteiger partial charge in [-0.1, -0.05) is 5.16 Å². The number of Topliss-reactive ketones (excluding diaryl/α,β-unsaturated/α-hetero) is 1. The highest BCUT2D eigenvalue weighted by Gasteiger charge is 2.08. The van der Waals surface area contributed by atoms with Crippen molar-refractivity contribution in [1.29, 1.82) is 0 Å². The average Bonchev–Trinajstić information content (AvgIpc) is 2.83. The van der Waals surface area contributed by atoms with Crippen molar-refractivity contribution in [2.45, 2.75) is 6.92 Å². The number of benzene rings is 1. The molecule has 1 aromatic heterocycles. The van der Waals surface area contributed by atoms with Gasteiger partial charge in [-0.2, -0.15) is 0 Å². The summed E-state index contributed by atoms with van der Waals surface area (Å²) in [7, 11) is 0. The maximum atomic E-state index is 11.6. The number of anilines is 1. The summed E-state index contributed by atoms with van der Waals surface area (Å²) in [5, 5.41) is 6.10. The van der Waals surface area contributed by atoms with E-state index < -0.39 is 0 Å². The number of rotatable bonds is 3. The minimum Gasteiger partial charge on any atom is -0.364 e. The molecule has 17 heavy (non-hydrogen) atoms. The van der Waals surface area contributed by atoms with Gasteiger partial charge >= 0.3 is 0 Å². The lowest BCUT2D eigenvalue weighted by Crippen LogP contribution is -2.10. The molecule has 2 aromatic rings. The Morgan fingerprint density at radius 2 is 1.88 bits per heavy atom. The van der Waals surface area contributed by atoms with E-state index in [1.54, 1.807) is 24.3 Å². The lowest BCUT2D eigenvalue weighted by molar-refractivity contribution is 0.101. The molecule has 0 spiro atoms. The molecular formula is C12H10N2O3. The summed E-state index contributed by atoms with van der Waals surface area (Å²) in [4.78, 5) is 22.7. The highest BCUT2D eigenvalue weighted by Crippen LogP contribution is 2.11. The molecule has 5 heteroatoms. The molecule has 2 rings (SSSR count). The lowest BCUT2D eigenvalue weighted by Gasteiger charge is -2.03. The van der Waals surface area contributed by atoms with Crippen LogP contribution in [0.4, 0.5) is 5.69 Å². The van der Waals surface area contributed by atoms with E-state index in [4.69, 9.17) is 0 Å². The topological polar surface area (TPSA) is 72.2 Å². The molecule has 5 nitrogen and oxygen atoms in total. The van der Waals surface area contributed by atoms with Crippen LogP contribution in [0, 0.1) is 0 Å². The molecular weight excluding hydrogens is 220 g/mol. The Labute approximate surface area is 97.4 Å². The average molecular weight is 230 g/mol. The fourth-order valence-corrected chi connectivity index (χ4v) is 1.31. The second-order valence-corrected chi connectivity index (χ2v) is 3.50. The zero-order chi connectivity index (χ0) is 12.3. The van der Waals surface area contributed by atoms with E-state index in [-0.39, 0.29) is 11.7 Å². The van der Waals surface area contributed by atoms with Crippen molar-refractivity contribution in [2.75, 3.05) is 5.32 Å². The number of nitrogens with zero attached hydrogens (tertiary/aromatic N) is 1. The molecule has 1 N–H and O–H groups in total. The van der Waals surface area contributed by atoms with Gasteiger partial charge in [0.05, 0.1) is 11.8 Å². The molecule has 1 aromatic carbocycles. The highest BCUT2D eigenvalue weighted by atomic mass is 16.5. The summed E-state index contributed by atoms with van der Waals surface area (Å²) < 4.78 is 4.57. The smallest absolute Gasteiger partial charge is 0.260 e. The van der Waals surface area contributed by atoms with Gasteiger partial charge in [-0.25, -0.2) is 0 Å². The summed E-state index contributed by atoms with van der Waals surface area (Å²) in [6.07, 6.45) is 2.60. The van der Waals surface area contributed by atoms with E-state index in [1.807, 2.05) is 0 Å². The normalized spacial score (nSPS) is 9.94. The Balaban J connectivity index is 2.09. The van der Waals surface area contributed by atoms with Crippen LogP contribution in [0.1, 0.15) is 27.6 Å². The van der Waals surface area contributed by atoms with Crippen molar-refractivity contribution in [2.24, 2.45) is 0 Å². The van der Waals surface area contributed by atoms with Crippen molar-refractivity contribution < 1.29 is 14.1 Å². The summed E-state index contributed by atoms with van der Waals surface area (Å²) in [6.45, 7) is 1.49.